The number of ether oxygens (including phenoxy) is 1. The maximum absolute atomic E-state index is 5.91. The van der Waals surface area contributed by atoms with Crippen molar-refractivity contribution in [2.45, 2.75) is 75.3 Å². The van der Waals surface area contributed by atoms with Crippen LogP contribution in [0.25, 0.3) is 0 Å². The van der Waals surface area contributed by atoms with Crippen molar-refractivity contribution in [2.75, 3.05) is 0 Å². The Morgan fingerprint density at radius 1 is 1.00 bits per heavy atom. The van der Waals surface area contributed by atoms with Gasteiger partial charge in [-0.15, -0.1) is 0 Å². The van der Waals surface area contributed by atoms with Crippen LogP contribution in [0.5, 0.6) is 0 Å². The summed E-state index contributed by atoms with van der Waals surface area (Å²) in [6.45, 7) is 0. The quantitative estimate of drug-likeness (QED) is 0.719. The van der Waals surface area contributed by atoms with E-state index in [1.807, 2.05) is 0 Å². The molecular weight excluding hydrogens is 188 g/mol. The van der Waals surface area contributed by atoms with Crippen molar-refractivity contribution in [1.29, 1.82) is 0 Å². The minimum Gasteiger partial charge on any atom is -0.373 e. The van der Waals surface area contributed by atoms with Gasteiger partial charge in [-0.25, -0.2) is 0 Å². The van der Waals surface area contributed by atoms with E-state index in [1.165, 1.54) is 44.9 Å². The molecule has 0 aromatic rings. The summed E-state index contributed by atoms with van der Waals surface area (Å²) in [5.74, 6) is 0. The molecule has 3 unspecified atom stereocenters. The maximum atomic E-state index is 5.91. The molecule has 2 heterocycles. The molecule has 86 valence electrons. The lowest BCUT2D eigenvalue weighted by molar-refractivity contribution is 0.0949. The SMILES string of the molecule is NC1CCC(NC2CC3CCC2O3)CC1. The zero-order chi connectivity index (χ0) is 10.3. The second-order valence-electron chi connectivity index (χ2n) is 5.49. The first-order valence-corrected chi connectivity index (χ1v) is 6.48. The zero-order valence-electron chi connectivity index (χ0n) is 9.32. The molecule has 3 fully saturated rings. The van der Waals surface area contributed by atoms with Crippen LogP contribution in [0.15, 0.2) is 0 Å². The Kier molecular flexibility index (Phi) is 2.71. The summed E-state index contributed by atoms with van der Waals surface area (Å²) < 4.78 is 5.86. The molecule has 2 aliphatic heterocycles. The van der Waals surface area contributed by atoms with Gasteiger partial charge >= 0.3 is 0 Å². The molecule has 0 aromatic heterocycles. The van der Waals surface area contributed by atoms with Gasteiger partial charge in [-0.1, -0.05) is 0 Å². The molecule has 3 N–H and O–H groups in total. The molecule has 0 radical (unpaired) electrons. The summed E-state index contributed by atoms with van der Waals surface area (Å²) in [5, 5.41) is 3.79. The van der Waals surface area contributed by atoms with Gasteiger partial charge in [0.25, 0.3) is 0 Å². The van der Waals surface area contributed by atoms with Crippen LogP contribution in [0.2, 0.25) is 0 Å². The first-order valence-electron chi connectivity index (χ1n) is 6.48. The predicted octanol–water partition coefficient (Wildman–Crippen LogP) is 1.17. The number of rotatable bonds is 2. The second kappa shape index (κ2) is 4.04. The van der Waals surface area contributed by atoms with Crippen molar-refractivity contribution in [3.05, 3.63) is 0 Å². The lowest BCUT2D eigenvalue weighted by atomic mass is 9.89. The second-order valence-corrected chi connectivity index (χ2v) is 5.49. The van der Waals surface area contributed by atoms with Crippen LogP contribution in [0.1, 0.15) is 44.9 Å². The van der Waals surface area contributed by atoms with Crippen molar-refractivity contribution in [1.82, 2.24) is 5.32 Å². The third kappa shape index (κ3) is 2.05. The van der Waals surface area contributed by atoms with Crippen LogP contribution in [-0.2, 0) is 4.74 Å². The number of nitrogens with two attached hydrogens (primary N) is 1. The van der Waals surface area contributed by atoms with Crippen LogP contribution in [0, 0.1) is 0 Å². The van der Waals surface area contributed by atoms with E-state index in [0.717, 1.165) is 0 Å². The summed E-state index contributed by atoms with van der Waals surface area (Å²) in [7, 11) is 0. The van der Waals surface area contributed by atoms with Gasteiger partial charge in [-0.2, -0.15) is 0 Å². The third-order valence-corrected chi connectivity index (χ3v) is 4.33. The molecule has 3 rings (SSSR count). The number of nitrogens with one attached hydrogen (secondary N) is 1. The number of fused-ring (bicyclic) bond motifs is 2. The monoisotopic (exact) mass is 210 g/mol. The number of hydrogen-bond acceptors (Lipinski definition) is 3. The van der Waals surface area contributed by atoms with Crippen molar-refractivity contribution >= 4 is 0 Å². The van der Waals surface area contributed by atoms with Crippen LogP contribution in [0.4, 0.5) is 0 Å². The first-order chi connectivity index (χ1) is 7.31. The van der Waals surface area contributed by atoms with Crippen molar-refractivity contribution in [3.8, 4) is 0 Å². The smallest absolute Gasteiger partial charge is 0.0733 e. The normalized spacial score (nSPS) is 49.8. The van der Waals surface area contributed by atoms with Crippen LogP contribution < -0.4 is 11.1 Å². The van der Waals surface area contributed by atoms with Crippen molar-refractivity contribution in [2.24, 2.45) is 5.73 Å². The van der Waals surface area contributed by atoms with Crippen LogP contribution in [0.3, 0.4) is 0 Å². The molecule has 15 heavy (non-hydrogen) atoms. The Hall–Kier alpha value is -0.120. The molecule has 1 saturated carbocycles. The number of hydrogen-bond donors (Lipinski definition) is 2. The van der Waals surface area contributed by atoms with Gasteiger partial charge in [-0.3, -0.25) is 0 Å². The summed E-state index contributed by atoms with van der Waals surface area (Å²) in [4.78, 5) is 0. The van der Waals surface area contributed by atoms with Gasteiger partial charge < -0.3 is 15.8 Å². The van der Waals surface area contributed by atoms with E-state index in [4.69, 9.17) is 10.5 Å². The third-order valence-electron chi connectivity index (χ3n) is 4.33. The van der Waals surface area contributed by atoms with Crippen LogP contribution >= 0.6 is 0 Å². The molecule has 2 saturated heterocycles. The lowest BCUT2D eigenvalue weighted by Gasteiger charge is -2.31. The topological polar surface area (TPSA) is 47.3 Å². The van der Waals surface area contributed by atoms with E-state index < -0.39 is 0 Å². The molecule has 0 aromatic carbocycles. The highest BCUT2D eigenvalue weighted by atomic mass is 16.5. The van der Waals surface area contributed by atoms with E-state index in [-0.39, 0.29) is 0 Å². The predicted molar refractivity (Wildman–Crippen MR) is 59.7 cm³/mol. The molecule has 0 spiro atoms. The molecule has 0 amide bonds. The van der Waals surface area contributed by atoms with E-state index in [0.29, 0.717) is 30.3 Å². The van der Waals surface area contributed by atoms with Gasteiger partial charge in [-0.05, 0) is 44.9 Å². The zero-order valence-corrected chi connectivity index (χ0v) is 9.32. The van der Waals surface area contributed by atoms with E-state index in [2.05, 4.69) is 5.32 Å². The largest absolute Gasteiger partial charge is 0.373 e. The summed E-state index contributed by atoms with van der Waals surface area (Å²) in [5.41, 5.74) is 5.91. The summed E-state index contributed by atoms with van der Waals surface area (Å²) >= 11 is 0. The van der Waals surface area contributed by atoms with Gasteiger partial charge in [0.1, 0.15) is 0 Å². The minimum absolute atomic E-state index is 0.458. The first kappa shape index (κ1) is 10.1. The van der Waals surface area contributed by atoms with Crippen molar-refractivity contribution in [3.63, 3.8) is 0 Å². The molecule has 1 aliphatic carbocycles. The molecule has 3 aliphatic rings. The van der Waals surface area contributed by atoms with E-state index >= 15 is 0 Å². The molecule has 3 atom stereocenters. The molecule has 3 nitrogen and oxygen atoms in total. The van der Waals surface area contributed by atoms with Crippen molar-refractivity contribution < 1.29 is 4.74 Å². The Morgan fingerprint density at radius 3 is 2.40 bits per heavy atom. The highest BCUT2D eigenvalue weighted by Crippen LogP contribution is 2.35. The fourth-order valence-electron chi connectivity index (χ4n) is 3.40. The maximum Gasteiger partial charge on any atom is 0.0733 e. The Balaban J connectivity index is 1.49. The van der Waals surface area contributed by atoms with Gasteiger partial charge in [0.2, 0.25) is 0 Å². The minimum atomic E-state index is 0.458. The average molecular weight is 210 g/mol. The molecule has 3 heteroatoms. The average Bonchev–Trinajstić information content (AvgIpc) is 2.83. The summed E-state index contributed by atoms with van der Waals surface area (Å²) in [6, 6.07) is 1.81. The van der Waals surface area contributed by atoms with E-state index in [9.17, 15) is 0 Å². The Bertz CT molecular complexity index is 226. The molecule has 2 bridgehead atoms. The summed E-state index contributed by atoms with van der Waals surface area (Å²) in [6.07, 6.45) is 9.80. The van der Waals surface area contributed by atoms with Crippen LogP contribution in [-0.4, -0.2) is 30.3 Å². The fraction of sp³-hybridized carbons (Fsp3) is 1.00. The highest BCUT2D eigenvalue weighted by Gasteiger charge is 2.41. The standard InChI is InChI=1S/C12H22N2O/c13-8-1-3-9(4-2-8)14-11-7-10-5-6-12(11)15-10/h8-12,14H,1-7,13H2. The Labute approximate surface area is 91.7 Å². The lowest BCUT2D eigenvalue weighted by Crippen LogP contribution is -2.46. The van der Waals surface area contributed by atoms with Gasteiger partial charge in [0.15, 0.2) is 0 Å². The van der Waals surface area contributed by atoms with Gasteiger partial charge in [0.05, 0.1) is 12.2 Å². The fourth-order valence-corrected chi connectivity index (χ4v) is 3.40. The Morgan fingerprint density at radius 2 is 1.80 bits per heavy atom. The molecular formula is C12H22N2O. The van der Waals surface area contributed by atoms with E-state index in [1.54, 1.807) is 0 Å². The highest BCUT2D eigenvalue weighted by molar-refractivity contribution is 4.96. The van der Waals surface area contributed by atoms with Gasteiger partial charge in [0, 0.05) is 18.1 Å².